The van der Waals surface area contributed by atoms with Crippen LogP contribution in [-0.2, 0) is 25.9 Å². The van der Waals surface area contributed by atoms with Gasteiger partial charge in [0.25, 0.3) is 5.91 Å². The van der Waals surface area contributed by atoms with Crippen LogP contribution in [0.2, 0.25) is 0 Å². The number of ether oxygens (including phenoxy) is 2. The SMILES string of the molecule is CCc1ccc2nc(N(CC3CCCO3)C(=O)c3ccc(S(=O)(=O)N4CC(C)OC(C)C4)cc3)sc2c1. The number of hydrogen-bond acceptors (Lipinski definition) is 7. The second-order valence-corrected chi connectivity index (χ2v) is 12.8. The predicted octanol–water partition coefficient (Wildman–Crippen LogP) is 4.48. The Hall–Kier alpha value is -2.37. The molecule has 3 atom stereocenters. The van der Waals surface area contributed by atoms with E-state index in [-0.39, 0.29) is 29.1 Å². The molecule has 2 saturated heterocycles. The fraction of sp³-hybridized carbons (Fsp3) is 0.481. The van der Waals surface area contributed by atoms with Crippen molar-refractivity contribution < 1.29 is 22.7 Å². The van der Waals surface area contributed by atoms with Gasteiger partial charge in [0.2, 0.25) is 10.0 Å². The Morgan fingerprint density at radius 3 is 2.51 bits per heavy atom. The third-order valence-corrected chi connectivity index (χ3v) is 9.75. The van der Waals surface area contributed by atoms with E-state index < -0.39 is 10.0 Å². The van der Waals surface area contributed by atoms with E-state index in [9.17, 15) is 13.2 Å². The largest absolute Gasteiger partial charge is 0.376 e. The van der Waals surface area contributed by atoms with Crippen molar-refractivity contribution in [1.29, 1.82) is 0 Å². The number of amides is 1. The molecular weight excluding hydrogens is 510 g/mol. The minimum absolute atomic E-state index is 0.0490. The van der Waals surface area contributed by atoms with Crippen LogP contribution in [0, 0.1) is 0 Å². The monoisotopic (exact) mass is 543 g/mol. The zero-order valence-corrected chi connectivity index (χ0v) is 23.1. The number of thiazole rings is 1. The summed E-state index contributed by atoms with van der Waals surface area (Å²) in [6, 6.07) is 12.4. The molecule has 0 radical (unpaired) electrons. The van der Waals surface area contributed by atoms with Gasteiger partial charge in [0.05, 0.1) is 40.0 Å². The van der Waals surface area contributed by atoms with E-state index >= 15 is 0 Å². The van der Waals surface area contributed by atoms with E-state index in [1.165, 1.54) is 33.3 Å². The van der Waals surface area contributed by atoms with Crippen LogP contribution in [-0.4, -0.2) is 68.2 Å². The van der Waals surface area contributed by atoms with Crippen LogP contribution >= 0.6 is 11.3 Å². The molecule has 0 N–H and O–H groups in total. The summed E-state index contributed by atoms with van der Waals surface area (Å²) in [7, 11) is -3.69. The number of benzene rings is 2. The summed E-state index contributed by atoms with van der Waals surface area (Å²) in [5.74, 6) is -0.220. The molecule has 0 saturated carbocycles. The zero-order chi connectivity index (χ0) is 26.2. The first-order valence-corrected chi connectivity index (χ1v) is 15.1. The van der Waals surface area contributed by atoms with Gasteiger partial charge in [-0.25, -0.2) is 13.4 Å². The Balaban J connectivity index is 1.42. The average molecular weight is 544 g/mol. The molecule has 1 aromatic heterocycles. The van der Waals surface area contributed by atoms with Gasteiger partial charge in [-0.3, -0.25) is 9.69 Å². The number of nitrogens with zero attached hydrogens (tertiary/aromatic N) is 3. The predicted molar refractivity (Wildman–Crippen MR) is 145 cm³/mol. The Bertz CT molecular complexity index is 1360. The fourth-order valence-electron chi connectivity index (χ4n) is 4.93. The van der Waals surface area contributed by atoms with Gasteiger partial charge >= 0.3 is 0 Å². The van der Waals surface area contributed by atoms with Gasteiger partial charge in [-0.15, -0.1) is 0 Å². The molecule has 3 aromatic rings. The van der Waals surface area contributed by atoms with Crippen LogP contribution < -0.4 is 4.90 Å². The first-order valence-electron chi connectivity index (χ1n) is 12.8. The van der Waals surface area contributed by atoms with Crippen LogP contribution in [0.25, 0.3) is 10.2 Å². The van der Waals surface area contributed by atoms with Gasteiger partial charge < -0.3 is 9.47 Å². The van der Waals surface area contributed by atoms with Crippen molar-refractivity contribution in [2.24, 2.45) is 0 Å². The molecule has 2 fully saturated rings. The van der Waals surface area contributed by atoms with Gasteiger partial charge in [0.1, 0.15) is 0 Å². The summed E-state index contributed by atoms with van der Waals surface area (Å²) >= 11 is 1.49. The van der Waals surface area contributed by atoms with Crippen LogP contribution in [0.3, 0.4) is 0 Å². The minimum atomic E-state index is -3.69. The summed E-state index contributed by atoms with van der Waals surface area (Å²) in [5.41, 5.74) is 2.49. The molecule has 0 spiro atoms. The lowest BCUT2D eigenvalue weighted by atomic mass is 10.1. The third kappa shape index (κ3) is 5.58. The summed E-state index contributed by atoms with van der Waals surface area (Å²) < 4.78 is 40.5. The molecule has 1 amide bonds. The number of fused-ring (bicyclic) bond motifs is 1. The highest BCUT2D eigenvalue weighted by atomic mass is 32.2. The maximum Gasteiger partial charge on any atom is 0.260 e. The molecule has 5 rings (SSSR count). The number of morpholine rings is 1. The average Bonchev–Trinajstić information content (AvgIpc) is 3.55. The Kier molecular flexibility index (Phi) is 7.65. The van der Waals surface area contributed by atoms with Crippen molar-refractivity contribution in [3.8, 4) is 0 Å². The van der Waals surface area contributed by atoms with E-state index in [1.807, 2.05) is 19.9 Å². The van der Waals surface area contributed by atoms with Gasteiger partial charge in [-0.1, -0.05) is 24.3 Å². The lowest BCUT2D eigenvalue weighted by molar-refractivity contribution is -0.0440. The number of sulfonamides is 1. The van der Waals surface area contributed by atoms with Crippen LogP contribution in [0.5, 0.6) is 0 Å². The molecule has 8 nitrogen and oxygen atoms in total. The number of rotatable bonds is 7. The number of carbonyl (C=O) groups is 1. The standard InChI is InChI=1S/C27H33N3O5S2/c1-4-20-7-12-24-25(14-20)36-27(28-24)30(17-22-6-5-13-34-22)26(31)21-8-10-23(11-9-21)37(32,33)29-15-18(2)35-19(3)16-29/h7-12,14,18-19,22H,4-6,13,15-17H2,1-3H3. The molecule has 2 aromatic carbocycles. The molecule has 2 aliphatic rings. The second kappa shape index (κ2) is 10.8. The molecule has 3 unspecified atom stereocenters. The van der Waals surface area contributed by atoms with E-state index in [0.29, 0.717) is 36.9 Å². The number of aryl methyl sites for hydroxylation is 1. The highest BCUT2D eigenvalue weighted by Gasteiger charge is 2.33. The number of aromatic nitrogens is 1. The summed E-state index contributed by atoms with van der Waals surface area (Å²) in [4.78, 5) is 20.4. The lowest BCUT2D eigenvalue weighted by Crippen LogP contribution is -2.48. The highest BCUT2D eigenvalue weighted by Crippen LogP contribution is 2.32. The fourth-order valence-corrected chi connectivity index (χ4v) is 7.56. The molecule has 37 heavy (non-hydrogen) atoms. The molecule has 198 valence electrons. The number of carbonyl (C=O) groups excluding carboxylic acids is 1. The van der Waals surface area contributed by atoms with Gasteiger partial charge in [0, 0.05) is 25.3 Å². The first kappa shape index (κ1) is 26.2. The molecule has 0 aliphatic carbocycles. The quantitative estimate of drug-likeness (QED) is 0.437. The van der Waals surface area contributed by atoms with Crippen molar-refractivity contribution in [2.45, 2.75) is 63.2 Å². The van der Waals surface area contributed by atoms with Crippen molar-refractivity contribution in [3.63, 3.8) is 0 Å². The summed E-state index contributed by atoms with van der Waals surface area (Å²) in [6.45, 7) is 7.56. The first-order chi connectivity index (χ1) is 17.7. The molecule has 2 aliphatic heterocycles. The van der Waals surface area contributed by atoms with Crippen molar-refractivity contribution in [2.75, 3.05) is 31.1 Å². The van der Waals surface area contributed by atoms with Crippen LogP contribution in [0.4, 0.5) is 5.13 Å². The van der Waals surface area contributed by atoms with Crippen molar-refractivity contribution >= 4 is 42.6 Å². The number of hydrogen-bond donors (Lipinski definition) is 0. The summed E-state index contributed by atoms with van der Waals surface area (Å²) in [6.07, 6.45) is 2.40. The second-order valence-electron chi connectivity index (χ2n) is 9.81. The van der Waals surface area contributed by atoms with Crippen LogP contribution in [0.15, 0.2) is 47.4 Å². The molecular formula is C27H33N3O5S2. The smallest absolute Gasteiger partial charge is 0.260 e. The van der Waals surface area contributed by atoms with Gasteiger partial charge in [-0.05, 0) is 75.1 Å². The normalized spacial score (nSPS) is 22.9. The van der Waals surface area contributed by atoms with E-state index in [4.69, 9.17) is 14.5 Å². The van der Waals surface area contributed by atoms with E-state index in [2.05, 4.69) is 19.1 Å². The van der Waals surface area contributed by atoms with Crippen LogP contribution in [0.1, 0.15) is 49.5 Å². The molecule has 10 heteroatoms. The van der Waals surface area contributed by atoms with E-state index in [0.717, 1.165) is 29.5 Å². The summed E-state index contributed by atoms with van der Waals surface area (Å²) in [5, 5.41) is 0.622. The lowest BCUT2D eigenvalue weighted by Gasteiger charge is -2.34. The van der Waals surface area contributed by atoms with Crippen molar-refractivity contribution in [1.82, 2.24) is 9.29 Å². The number of anilines is 1. The maximum atomic E-state index is 13.7. The molecule has 0 bridgehead atoms. The van der Waals surface area contributed by atoms with E-state index in [1.54, 1.807) is 17.0 Å². The Morgan fingerprint density at radius 2 is 1.86 bits per heavy atom. The van der Waals surface area contributed by atoms with Gasteiger partial charge in [-0.2, -0.15) is 4.31 Å². The highest BCUT2D eigenvalue weighted by molar-refractivity contribution is 7.89. The maximum absolute atomic E-state index is 13.7. The Labute approximate surface area is 222 Å². The third-order valence-electron chi connectivity index (χ3n) is 6.86. The zero-order valence-electron chi connectivity index (χ0n) is 21.4. The topological polar surface area (TPSA) is 89.0 Å². The molecule has 3 heterocycles. The Morgan fingerprint density at radius 1 is 1.14 bits per heavy atom. The minimum Gasteiger partial charge on any atom is -0.376 e. The van der Waals surface area contributed by atoms with Crippen molar-refractivity contribution in [3.05, 3.63) is 53.6 Å². The van der Waals surface area contributed by atoms with Gasteiger partial charge in [0.15, 0.2) is 5.13 Å².